The molecule has 8 aromatic carbocycles. The van der Waals surface area contributed by atoms with E-state index in [0.29, 0.717) is 5.82 Å². The molecule has 3 nitrogen and oxygen atoms in total. The molecule has 1 aliphatic carbocycles. The molecule has 0 fully saturated rings. The van der Waals surface area contributed by atoms with Crippen molar-refractivity contribution < 1.29 is 0 Å². The molecular weight excluding hydrogens is 655 g/mol. The number of para-hydroxylation sites is 2. The van der Waals surface area contributed by atoms with Gasteiger partial charge in [0.2, 0.25) is 0 Å². The lowest BCUT2D eigenvalue weighted by Gasteiger charge is -2.21. The molecule has 254 valence electrons. The van der Waals surface area contributed by atoms with Crippen molar-refractivity contribution in [2.24, 2.45) is 0 Å². The molecule has 10 aromatic rings. The van der Waals surface area contributed by atoms with Crippen molar-refractivity contribution in [1.29, 1.82) is 0 Å². The fourth-order valence-corrected chi connectivity index (χ4v) is 8.82. The Morgan fingerprint density at radius 2 is 1.09 bits per heavy atom. The molecular formula is C51H35N3. The number of fused-ring (bicyclic) bond motifs is 8. The van der Waals surface area contributed by atoms with E-state index >= 15 is 0 Å². The van der Waals surface area contributed by atoms with Crippen molar-refractivity contribution in [1.82, 2.24) is 14.5 Å². The Hall–Kier alpha value is -6.84. The normalized spacial score (nSPS) is 13.1. The topological polar surface area (TPSA) is 30.7 Å². The van der Waals surface area contributed by atoms with E-state index in [1.165, 1.54) is 66.0 Å². The van der Waals surface area contributed by atoms with Gasteiger partial charge in [-0.15, -0.1) is 0 Å². The van der Waals surface area contributed by atoms with E-state index in [1.807, 2.05) is 6.07 Å². The van der Waals surface area contributed by atoms with Crippen LogP contribution in [-0.4, -0.2) is 14.5 Å². The van der Waals surface area contributed by atoms with Crippen molar-refractivity contribution in [2.45, 2.75) is 19.3 Å². The number of aromatic nitrogens is 3. The number of nitrogens with zero attached hydrogens (tertiary/aromatic N) is 3. The second-order valence-corrected chi connectivity index (χ2v) is 15.0. The highest BCUT2D eigenvalue weighted by Crippen LogP contribution is 2.51. The van der Waals surface area contributed by atoms with E-state index in [4.69, 9.17) is 9.97 Å². The minimum absolute atomic E-state index is 0.0526. The fourth-order valence-electron chi connectivity index (χ4n) is 8.82. The largest absolute Gasteiger partial charge is 0.309 e. The van der Waals surface area contributed by atoms with Crippen LogP contribution >= 0.6 is 0 Å². The number of hydrogen-bond donors (Lipinski definition) is 0. The van der Waals surface area contributed by atoms with Crippen LogP contribution in [0.3, 0.4) is 0 Å². The second-order valence-electron chi connectivity index (χ2n) is 15.0. The van der Waals surface area contributed by atoms with Gasteiger partial charge in [-0.3, -0.25) is 0 Å². The first-order chi connectivity index (χ1) is 26.5. The van der Waals surface area contributed by atoms with Gasteiger partial charge in [-0.05, 0) is 98.8 Å². The quantitative estimate of drug-likeness (QED) is 0.184. The Labute approximate surface area is 313 Å². The third kappa shape index (κ3) is 4.61. The summed E-state index contributed by atoms with van der Waals surface area (Å²) in [5.41, 5.74) is 15.2. The zero-order chi connectivity index (χ0) is 36.0. The van der Waals surface area contributed by atoms with E-state index in [-0.39, 0.29) is 5.41 Å². The van der Waals surface area contributed by atoms with E-state index in [0.717, 1.165) is 33.4 Å². The highest BCUT2D eigenvalue weighted by Gasteiger charge is 2.36. The summed E-state index contributed by atoms with van der Waals surface area (Å²) in [7, 11) is 0. The molecule has 0 saturated heterocycles. The molecule has 0 unspecified atom stereocenters. The lowest BCUT2D eigenvalue weighted by molar-refractivity contribution is 0.661. The fraction of sp³-hybridized carbons (Fsp3) is 0.0588. The molecule has 0 bridgehead atoms. The lowest BCUT2D eigenvalue weighted by atomic mass is 9.82. The first-order valence-electron chi connectivity index (χ1n) is 18.7. The average Bonchev–Trinajstić information content (AvgIpc) is 3.67. The molecule has 0 amide bonds. The first kappa shape index (κ1) is 30.8. The van der Waals surface area contributed by atoms with Crippen molar-refractivity contribution >= 4 is 43.5 Å². The van der Waals surface area contributed by atoms with Crippen molar-refractivity contribution in [3.63, 3.8) is 0 Å². The lowest BCUT2D eigenvalue weighted by Crippen LogP contribution is -2.14. The third-order valence-corrected chi connectivity index (χ3v) is 11.6. The maximum atomic E-state index is 5.23. The van der Waals surface area contributed by atoms with Crippen molar-refractivity contribution in [3.05, 3.63) is 187 Å². The second kappa shape index (κ2) is 11.6. The standard InChI is InChI=1S/C51H35N3/c1-51(2)44-16-8-5-13-39(44)42-31-48-43(30-45(42)51)40-14-7-10-18-47(40)54(48)38-27-25-35(26-28-38)50-52-46-17-9-6-15-41(46)49(53-50)34-22-19-33(20-23-34)37-24-21-32-11-3-4-12-36(32)29-37/h3-31H,1-2H3. The molecule has 0 radical (unpaired) electrons. The molecule has 54 heavy (non-hydrogen) atoms. The molecule has 0 spiro atoms. The highest BCUT2D eigenvalue weighted by molar-refractivity contribution is 6.11. The minimum atomic E-state index is -0.0526. The first-order valence-corrected chi connectivity index (χ1v) is 18.7. The molecule has 3 heteroatoms. The van der Waals surface area contributed by atoms with Crippen LogP contribution in [0.1, 0.15) is 25.0 Å². The molecule has 2 aromatic heterocycles. The van der Waals surface area contributed by atoms with E-state index in [2.05, 4.69) is 188 Å². The van der Waals surface area contributed by atoms with Crippen LogP contribution in [-0.2, 0) is 5.41 Å². The van der Waals surface area contributed by atoms with Crippen LogP contribution in [0.5, 0.6) is 0 Å². The van der Waals surface area contributed by atoms with Gasteiger partial charge >= 0.3 is 0 Å². The van der Waals surface area contributed by atoms with Gasteiger partial charge in [0.15, 0.2) is 5.82 Å². The molecule has 11 rings (SSSR count). The summed E-state index contributed by atoms with van der Waals surface area (Å²) in [6, 6.07) is 63.5. The van der Waals surface area contributed by atoms with Gasteiger partial charge in [-0.25, -0.2) is 9.97 Å². The summed E-state index contributed by atoms with van der Waals surface area (Å²) in [6.07, 6.45) is 0. The Balaban J connectivity index is 1.00. The van der Waals surface area contributed by atoms with E-state index < -0.39 is 0 Å². The van der Waals surface area contributed by atoms with Gasteiger partial charge in [0.1, 0.15) is 0 Å². The predicted octanol–water partition coefficient (Wildman–Crippen LogP) is 13.2. The van der Waals surface area contributed by atoms with Gasteiger partial charge < -0.3 is 4.57 Å². The van der Waals surface area contributed by atoms with Crippen LogP contribution in [0, 0.1) is 0 Å². The molecule has 2 heterocycles. The SMILES string of the molecule is CC1(C)c2ccccc2-c2cc3c(cc21)c1ccccc1n3-c1ccc(-c2nc(-c3ccc(-c4ccc5ccccc5c4)cc3)c3ccccc3n2)cc1. The van der Waals surface area contributed by atoms with Crippen LogP contribution < -0.4 is 0 Å². The summed E-state index contributed by atoms with van der Waals surface area (Å²) >= 11 is 0. The molecule has 0 saturated carbocycles. The summed E-state index contributed by atoms with van der Waals surface area (Å²) in [4.78, 5) is 10.3. The van der Waals surface area contributed by atoms with Gasteiger partial charge in [-0.1, -0.05) is 135 Å². The molecule has 1 aliphatic rings. The Morgan fingerprint density at radius 1 is 0.426 bits per heavy atom. The zero-order valence-corrected chi connectivity index (χ0v) is 30.1. The number of rotatable bonds is 4. The summed E-state index contributed by atoms with van der Waals surface area (Å²) < 4.78 is 2.41. The van der Waals surface area contributed by atoms with Crippen LogP contribution in [0.2, 0.25) is 0 Å². The van der Waals surface area contributed by atoms with Crippen molar-refractivity contribution in [2.75, 3.05) is 0 Å². The zero-order valence-electron chi connectivity index (χ0n) is 30.1. The third-order valence-electron chi connectivity index (χ3n) is 11.6. The van der Waals surface area contributed by atoms with Gasteiger partial charge in [-0.2, -0.15) is 0 Å². The maximum absolute atomic E-state index is 5.23. The summed E-state index contributed by atoms with van der Waals surface area (Å²) in [5.74, 6) is 0.715. The van der Waals surface area contributed by atoms with E-state index in [1.54, 1.807) is 0 Å². The minimum Gasteiger partial charge on any atom is -0.309 e. The monoisotopic (exact) mass is 689 g/mol. The Morgan fingerprint density at radius 3 is 1.94 bits per heavy atom. The van der Waals surface area contributed by atoms with Crippen molar-refractivity contribution in [3.8, 4) is 50.6 Å². The van der Waals surface area contributed by atoms with Gasteiger partial charge in [0, 0.05) is 38.4 Å². The summed E-state index contributed by atoms with van der Waals surface area (Å²) in [6.45, 7) is 4.70. The van der Waals surface area contributed by atoms with Crippen LogP contribution in [0.4, 0.5) is 0 Å². The molecule has 0 atom stereocenters. The predicted molar refractivity (Wildman–Crippen MR) is 225 cm³/mol. The van der Waals surface area contributed by atoms with Crippen LogP contribution in [0.15, 0.2) is 176 Å². The smallest absolute Gasteiger partial charge is 0.160 e. The van der Waals surface area contributed by atoms with E-state index in [9.17, 15) is 0 Å². The van der Waals surface area contributed by atoms with Gasteiger partial charge in [0.25, 0.3) is 0 Å². The summed E-state index contributed by atoms with van der Waals surface area (Å²) in [5, 5.41) is 6.08. The number of hydrogen-bond acceptors (Lipinski definition) is 2. The van der Waals surface area contributed by atoms with Crippen LogP contribution in [0.25, 0.3) is 94.1 Å². The highest BCUT2D eigenvalue weighted by atomic mass is 15.0. The number of benzene rings is 8. The molecule has 0 aliphatic heterocycles. The Bertz CT molecular complexity index is 3110. The Kier molecular flexibility index (Phi) is 6.60. The maximum Gasteiger partial charge on any atom is 0.160 e. The van der Waals surface area contributed by atoms with Gasteiger partial charge in [0.05, 0.1) is 22.2 Å². The molecule has 0 N–H and O–H groups in total. The average molecular weight is 690 g/mol.